The van der Waals surface area contributed by atoms with E-state index in [4.69, 9.17) is 15.9 Å². The Morgan fingerprint density at radius 3 is 2.16 bits per heavy atom. The first-order valence-corrected chi connectivity index (χ1v) is 5.50. The van der Waals surface area contributed by atoms with Gasteiger partial charge in [0.25, 0.3) is 5.91 Å². The average Bonchev–Trinajstić information content (AvgIpc) is 2.38. The van der Waals surface area contributed by atoms with Gasteiger partial charge in [-0.3, -0.25) is 9.59 Å². The number of aliphatic carboxylic acids is 1. The van der Waals surface area contributed by atoms with Crippen molar-refractivity contribution in [2.24, 2.45) is 5.73 Å². The second-order valence-corrected chi connectivity index (χ2v) is 3.84. The number of benzene rings is 1. The van der Waals surface area contributed by atoms with E-state index in [-0.39, 0.29) is 18.5 Å². The van der Waals surface area contributed by atoms with Crippen LogP contribution in [0.2, 0.25) is 0 Å². The zero-order valence-corrected chi connectivity index (χ0v) is 10.00. The van der Waals surface area contributed by atoms with Crippen LogP contribution in [0.15, 0.2) is 24.3 Å². The smallest absolute Gasteiger partial charge is 0.332 e. The Bertz CT molecular complexity index is 483. The van der Waals surface area contributed by atoms with E-state index >= 15 is 0 Å². The van der Waals surface area contributed by atoms with Gasteiger partial charge < -0.3 is 21.3 Å². The second-order valence-electron chi connectivity index (χ2n) is 3.84. The van der Waals surface area contributed by atoms with Crippen LogP contribution in [0.3, 0.4) is 0 Å². The van der Waals surface area contributed by atoms with Crippen LogP contribution in [0.4, 0.5) is 0 Å². The lowest BCUT2D eigenvalue weighted by Gasteiger charge is -2.07. The van der Waals surface area contributed by atoms with Crippen LogP contribution in [-0.4, -0.2) is 40.6 Å². The van der Waals surface area contributed by atoms with Gasteiger partial charge in [-0.1, -0.05) is 0 Å². The number of aliphatic hydroxyl groups is 1. The summed E-state index contributed by atoms with van der Waals surface area (Å²) in [6, 6.07) is 5.71. The Kier molecular flexibility index (Phi) is 5.01. The van der Waals surface area contributed by atoms with Gasteiger partial charge in [0.05, 0.1) is 0 Å². The molecule has 0 aromatic heterocycles. The van der Waals surface area contributed by atoms with Crippen LogP contribution >= 0.6 is 0 Å². The highest BCUT2D eigenvalue weighted by atomic mass is 16.4. The first kappa shape index (κ1) is 14.7. The van der Waals surface area contributed by atoms with Gasteiger partial charge in [-0.2, -0.15) is 0 Å². The third kappa shape index (κ3) is 4.40. The summed E-state index contributed by atoms with van der Waals surface area (Å²) in [5, 5.41) is 19.9. The van der Waals surface area contributed by atoms with Gasteiger partial charge in [-0.05, 0) is 24.3 Å². The lowest BCUT2D eigenvalue weighted by atomic mass is 10.1. The third-order valence-corrected chi connectivity index (χ3v) is 2.42. The summed E-state index contributed by atoms with van der Waals surface area (Å²) in [5.41, 5.74) is 5.66. The summed E-state index contributed by atoms with van der Waals surface area (Å²) >= 11 is 0. The van der Waals surface area contributed by atoms with Crippen molar-refractivity contribution in [2.75, 3.05) is 6.54 Å². The van der Waals surface area contributed by atoms with E-state index in [0.717, 1.165) is 0 Å². The van der Waals surface area contributed by atoms with E-state index < -0.39 is 23.9 Å². The fourth-order valence-corrected chi connectivity index (χ4v) is 1.33. The molecule has 1 rings (SSSR count). The van der Waals surface area contributed by atoms with Crippen molar-refractivity contribution in [1.82, 2.24) is 5.32 Å². The molecule has 0 unspecified atom stereocenters. The molecule has 1 aromatic rings. The molecule has 0 aliphatic rings. The van der Waals surface area contributed by atoms with Crippen molar-refractivity contribution in [3.8, 4) is 0 Å². The Balaban J connectivity index is 2.50. The number of primary amides is 1. The van der Waals surface area contributed by atoms with E-state index in [1.54, 1.807) is 0 Å². The number of nitrogens with two attached hydrogens (primary N) is 1. The van der Waals surface area contributed by atoms with Crippen molar-refractivity contribution in [3.05, 3.63) is 35.4 Å². The SMILES string of the molecule is NC(=O)c1ccc(C(=O)NCC[C@H](O)C(=O)O)cc1. The van der Waals surface area contributed by atoms with Gasteiger partial charge in [-0.15, -0.1) is 0 Å². The van der Waals surface area contributed by atoms with Crippen LogP contribution in [-0.2, 0) is 4.79 Å². The van der Waals surface area contributed by atoms with E-state index in [9.17, 15) is 14.4 Å². The van der Waals surface area contributed by atoms with Crippen molar-refractivity contribution in [3.63, 3.8) is 0 Å². The highest BCUT2D eigenvalue weighted by Gasteiger charge is 2.13. The summed E-state index contributed by atoms with van der Waals surface area (Å²) in [6.45, 7) is 0.0316. The van der Waals surface area contributed by atoms with E-state index in [1.807, 2.05) is 0 Å². The highest BCUT2D eigenvalue weighted by Crippen LogP contribution is 2.03. The molecule has 0 fully saturated rings. The monoisotopic (exact) mass is 266 g/mol. The van der Waals surface area contributed by atoms with Crippen molar-refractivity contribution < 1.29 is 24.6 Å². The number of carbonyl (C=O) groups is 3. The molecule has 1 aromatic carbocycles. The number of aliphatic hydroxyl groups excluding tert-OH is 1. The number of hydrogen-bond acceptors (Lipinski definition) is 4. The molecular formula is C12H14N2O5. The normalized spacial score (nSPS) is 11.6. The Morgan fingerprint density at radius 2 is 1.68 bits per heavy atom. The van der Waals surface area contributed by atoms with Crippen LogP contribution in [0.1, 0.15) is 27.1 Å². The maximum absolute atomic E-state index is 11.6. The molecule has 7 heteroatoms. The fraction of sp³-hybridized carbons (Fsp3) is 0.250. The van der Waals surface area contributed by atoms with Crippen molar-refractivity contribution >= 4 is 17.8 Å². The molecule has 0 aliphatic carbocycles. The Labute approximate surface area is 109 Å². The standard InChI is InChI=1S/C12H14N2O5/c13-10(16)7-1-3-8(4-2-7)11(17)14-6-5-9(15)12(18)19/h1-4,9,15H,5-6H2,(H2,13,16)(H,14,17)(H,18,19)/t9-/m0/s1. The molecule has 0 saturated heterocycles. The molecule has 0 aliphatic heterocycles. The van der Waals surface area contributed by atoms with E-state index in [2.05, 4.69) is 5.32 Å². The summed E-state index contributed by atoms with van der Waals surface area (Å²) in [5.74, 6) is -2.34. The maximum atomic E-state index is 11.6. The molecule has 1 atom stereocenters. The van der Waals surface area contributed by atoms with Crippen LogP contribution in [0.5, 0.6) is 0 Å². The minimum absolute atomic E-state index is 0.0316. The van der Waals surface area contributed by atoms with Gasteiger partial charge in [0.1, 0.15) is 0 Å². The van der Waals surface area contributed by atoms with Crippen LogP contribution in [0.25, 0.3) is 0 Å². The Hall–Kier alpha value is -2.41. The minimum Gasteiger partial charge on any atom is -0.479 e. The number of hydrogen-bond donors (Lipinski definition) is 4. The topological polar surface area (TPSA) is 130 Å². The van der Waals surface area contributed by atoms with E-state index in [1.165, 1.54) is 24.3 Å². The van der Waals surface area contributed by atoms with Crippen LogP contribution < -0.4 is 11.1 Å². The molecule has 0 heterocycles. The quantitative estimate of drug-likeness (QED) is 0.543. The molecular weight excluding hydrogens is 252 g/mol. The molecule has 7 nitrogen and oxygen atoms in total. The summed E-state index contributed by atoms with van der Waals surface area (Å²) in [4.78, 5) is 32.8. The molecule has 2 amide bonds. The van der Waals surface area contributed by atoms with Crippen molar-refractivity contribution in [2.45, 2.75) is 12.5 Å². The summed E-state index contributed by atoms with van der Waals surface area (Å²) < 4.78 is 0. The first-order valence-electron chi connectivity index (χ1n) is 5.50. The number of amides is 2. The molecule has 0 radical (unpaired) electrons. The Morgan fingerprint density at radius 1 is 1.16 bits per heavy atom. The average molecular weight is 266 g/mol. The minimum atomic E-state index is -1.50. The lowest BCUT2D eigenvalue weighted by molar-refractivity contribution is -0.146. The fourth-order valence-electron chi connectivity index (χ4n) is 1.33. The number of carboxylic acid groups (broad SMARTS) is 1. The second kappa shape index (κ2) is 6.50. The predicted octanol–water partition coefficient (Wildman–Crippen LogP) is -0.649. The molecule has 102 valence electrons. The molecule has 0 saturated carbocycles. The zero-order valence-electron chi connectivity index (χ0n) is 10.00. The molecule has 19 heavy (non-hydrogen) atoms. The van der Waals surface area contributed by atoms with Gasteiger partial charge >= 0.3 is 5.97 Å². The third-order valence-electron chi connectivity index (χ3n) is 2.42. The summed E-state index contributed by atoms with van der Waals surface area (Å²) in [6.07, 6.45) is -1.59. The van der Waals surface area contributed by atoms with Gasteiger partial charge in [-0.25, -0.2) is 4.79 Å². The molecule has 5 N–H and O–H groups in total. The summed E-state index contributed by atoms with van der Waals surface area (Å²) in [7, 11) is 0. The molecule has 0 spiro atoms. The number of nitrogens with one attached hydrogen (secondary N) is 1. The lowest BCUT2D eigenvalue weighted by Crippen LogP contribution is -2.30. The van der Waals surface area contributed by atoms with Crippen LogP contribution in [0, 0.1) is 0 Å². The molecule has 0 bridgehead atoms. The van der Waals surface area contributed by atoms with E-state index in [0.29, 0.717) is 5.56 Å². The number of rotatable bonds is 6. The van der Waals surface area contributed by atoms with Crippen molar-refractivity contribution in [1.29, 1.82) is 0 Å². The predicted molar refractivity (Wildman–Crippen MR) is 65.6 cm³/mol. The highest BCUT2D eigenvalue weighted by molar-refractivity contribution is 5.97. The number of carboxylic acids is 1. The zero-order chi connectivity index (χ0) is 14.4. The first-order chi connectivity index (χ1) is 8.91. The number of carbonyl (C=O) groups excluding carboxylic acids is 2. The van der Waals surface area contributed by atoms with Gasteiger partial charge in [0.2, 0.25) is 5.91 Å². The maximum Gasteiger partial charge on any atom is 0.332 e. The van der Waals surface area contributed by atoms with Gasteiger partial charge in [0, 0.05) is 24.1 Å². The largest absolute Gasteiger partial charge is 0.479 e. The van der Waals surface area contributed by atoms with Gasteiger partial charge in [0.15, 0.2) is 6.10 Å².